The molecule has 1 aromatic carbocycles. The van der Waals surface area contributed by atoms with Gasteiger partial charge in [-0.15, -0.1) is 0 Å². The minimum atomic E-state index is -0.429. The van der Waals surface area contributed by atoms with Gasteiger partial charge >= 0.3 is 0 Å². The molecule has 1 saturated heterocycles. The summed E-state index contributed by atoms with van der Waals surface area (Å²) in [6.45, 7) is 9.25. The average molecular weight is 400 g/mol. The van der Waals surface area contributed by atoms with Gasteiger partial charge in [0.1, 0.15) is 5.75 Å². The van der Waals surface area contributed by atoms with Crippen LogP contribution >= 0.6 is 0 Å². The van der Waals surface area contributed by atoms with Crippen LogP contribution in [-0.4, -0.2) is 64.5 Å². The van der Waals surface area contributed by atoms with Crippen LogP contribution in [0.15, 0.2) is 28.8 Å². The number of aromatic nitrogens is 2. The van der Waals surface area contributed by atoms with Crippen LogP contribution < -0.4 is 4.74 Å². The number of carbonyl (C=O) groups is 2. The van der Waals surface area contributed by atoms with E-state index in [9.17, 15) is 9.59 Å². The van der Waals surface area contributed by atoms with Gasteiger partial charge < -0.3 is 19.1 Å². The molecule has 0 spiro atoms. The first-order valence-electron chi connectivity index (χ1n) is 9.75. The minimum absolute atomic E-state index is 0.0305. The van der Waals surface area contributed by atoms with Crippen molar-refractivity contribution in [2.24, 2.45) is 5.41 Å². The number of carbonyl (C=O) groups excluding carboxylic acids is 2. The molecule has 156 valence electrons. The molecule has 8 nitrogen and oxygen atoms in total. The fraction of sp³-hybridized carbons (Fsp3) is 0.524. The molecule has 0 N–H and O–H groups in total. The summed E-state index contributed by atoms with van der Waals surface area (Å²) in [6, 6.07) is 7.27. The zero-order valence-corrected chi connectivity index (χ0v) is 17.6. The third-order valence-corrected chi connectivity index (χ3v) is 4.98. The van der Waals surface area contributed by atoms with Gasteiger partial charge in [0.05, 0.1) is 13.5 Å². The number of ether oxygens (including phenoxy) is 1. The van der Waals surface area contributed by atoms with Crippen molar-refractivity contribution in [2.45, 2.75) is 40.2 Å². The van der Waals surface area contributed by atoms with E-state index in [4.69, 9.17) is 9.26 Å². The maximum Gasteiger partial charge on any atom is 0.258 e. The number of rotatable bonds is 4. The molecule has 1 aliphatic rings. The van der Waals surface area contributed by atoms with Gasteiger partial charge in [-0.1, -0.05) is 32.0 Å². The largest absolute Gasteiger partial charge is 0.497 e. The monoisotopic (exact) mass is 400 g/mol. The molecule has 2 aromatic rings. The molecular formula is C21H28N4O4. The Bertz CT molecular complexity index is 887. The number of hydrogen-bond donors (Lipinski definition) is 0. The molecule has 2 heterocycles. The van der Waals surface area contributed by atoms with E-state index in [1.54, 1.807) is 18.1 Å². The Labute approximate surface area is 170 Å². The van der Waals surface area contributed by atoms with Gasteiger partial charge in [0.2, 0.25) is 11.8 Å². The molecule has 8 heteroatoms. The summed E-state index contributed by atoms with van der Waals surface area (Å²) in [5.74, 6) is 1.42. The van der Waals surface area contributed by atoms with Gasteiger partial charge in [0.15, 0.2) is 5.82 Å². The Hall–Kier alpha value is -2.90. The lowest BCUT2D eigenvalue weighted by atomic mass is 9.93. The van der Waals surface area contributed by atoms with Crippen molar-refractivity contribution in [1.82, 2.24) is 19.9 Å². The van der Waals surface area contributed by atoms with Crippen LogP contribution in [0.5, 0.6) is 5.75 Å². The van der Waals surface area contributed by atoms with E-state index in [2.05, 4.69) is 10.1 Å². The molecule has 1 unspecified atom stereocenters. The number of methoxy groups -OCH3 is 1. The highest BCUT2D eigenvalue weighted by Gasteiger charge is 2.35. The highest BCUT2D eigenvalue weighted by Crippen LogP contribution is 2.23. The summed E-state index contributed by atoms with van der Waals surface area (Å²) in [6.07, 6.45) is 0.0629. The third kappa shape index (κ3) is 4.75. The van der Waals surface area contributed by atoms with Gasteiger partial charge in [-0.2, -0.15) is 4.98 Å². The maximum absolute atomic E-state index is 12.7. The second kappa shape index (κ2) is 8.23. The van der Waals surface area contributed by atoms with E-state index in [-0.39, 0.29) is 24.3 Å². The second-order valence-electron chi connectivity index (χ2n) is 8.36. The van der Waals surface area contributed by atoms with Crippen LogP contribution in [0.25, 0.3) is 11.5 Å². The third-order valence-electron chi connectivity index (χ3n) is 4.98. The predicted molar refractivity (Wildman–Crippen MR) is 107 cm³/mol. The lowest BCUT2D eigenvalue weighted by molar-refractivity contribution is -0.148. The van der Waals surface area contributed by atoms with Crippen molar-refractivity contribution >= 4 is 11.8 Å². The van der Waals surface area contributed by atoms with Crippen molar-refractivity contribution in [3.8, 4) is 17.2 Å². The molecule has 29 heavy (non-hydrogen) atoms. The lowest BCUT2D eigenvalue weighted by Crippen LogP contribution is -2.57. The summed E-state index contributed by atoms with van der Waals surface area (Å²) in [4.78, 5) is 33.2. The van der Waals surface area contributed by atoms with Gasteiger partial charge in [0.25, 0.3) is 5.89 Å². The van der Waals surface area contributed by atoms with E-state index in [0.717, 1.165) is 5.56 Å². The summed E-state index contributed by atoms with van der Waals surface area (Å²) >= 11 is 0. The molecule has 1 aromatic heterocycles. The van der Waals surface area contributed by atoms with Crippen LogP contribution in [0.3, 0.4) is 0 Å². The number of amides is 2. The Kier molecular flexibility index (Phi) is 5.91. The van der Waals surface area contributed by atoms with Crippen LogP contribution in [0.4, 0.5) is 0 Å². The molecule has 0 bridgehead atoms. The number of piperazine rings is 1. The van der Waals surface area contributed by atoms with Crippen molar-refractivity contribution in [2.75, 3.05) is 26.7 Å². The summed E-state index contributed by atoms with van der Waals surface area (Å²) in [5, 5.41) is 3.94. The van der Waals surface area contributed by atoms with Crippen LogP contribution in [0, 0.1) is 5.41 Å². The Morgan fingerprint density at radius 3 is 2.69 bits per heavy atom. The number of benzene rings is 1. The van der Waals surface area contributed by atoms with Gasteiger partial charge in [0, 0.05) is 36.7 Å². The molecule has 3 rings (SSSR count). The Morgan fingerprint density at radius 2 is 2.03 bits per heavy atom. The molecule has 2 amide bonds. The van der Waals surface area contributed by atoms with E-state index < -0.39 is 5.41 Å². The summed E-state index contributed by atoms with van der Waals surface area (Å²) < 4.78 is 10.5. The number of nitrogens with zero attached hydrogens (tertiary/aromatic N) is 4. The number of hydrogen-bond acceptors (Lipinski definition) is 6. The molecule has 0 radical (unpaired) electrons. The summed E-state index contributed by atoms with van der Waals surface area (Å²) in [7, 11) is 1.59. The predicted octanol–water partition coefficient (Wildman–Crippen LogP) is 2.39. The van der Waals surface area contributed by atoms with Gasteiger partial charge in [-0.05, 0) is 25.1 Å². The quantitative estimate of drug-likeness (QED) is 0.783. The molecule has 0 aliphatic carbocycles. The first-order chi connectivity index (χ1) is 13.7. The fourth-order valence-corrected chi connectivity index (χ4v) is 3.36. The zero-order chi connectivity index (χ0) is 21.2. The highest BCUT2D eigenvalue weighted by atomic mass is 16.5. The van der Waals surface area contributed by atoms with Crippen LogP contribution in [-0.2, 0) is 16.0 Å². The minimum Gasteiger partial charge on any atom is -0.497 e. The summed E-state index contributed by atoms with van der Waals surface area (Å²) in [5.41, 5.74) is 0.306. The van der Waals surface area contributed by atoms with E-state index >= 15 is 0 Å². The van der Waals surface area contributed by atoms with Gasteiger partial charge in [-0.3, -0.25) is 9.59 Å². The lowest BCUT2D eigenvalue weighted by Gasteiger charge is -2.42. The molecular weight excluding hydrogens is 372 g/mol. The highest BCUT2D eigenvalue weighted by molar-refractivity contribution is 5.83. The molecule has 1 atom stereocenters. The maximum atomic E-state index is 12.7. The SMILES string of the molecule is COc1cccc(-c2nc(CC(=O)N3CCN(C(=O)C(C)(C)C)C(C)C3)no2)c1. The zero-order valence-electron chi connectivity index (χ0n) is 17.6. The molecule has 0 saturated carbocycles. The van der Waals surface area contributed by atoms with Crippen molar-refractivity contribution in [3.63, 3.8) is 0 Å². The van der Waals surface area contributed by atoms with Crippen molar-refractivity contribution < 1.29 is 18.8 Å². The van der Waals surface area contributed by atoms with E-state index in [1.165, 1.54) is 0 Å². The Balaban J connectivity index is 1.62. The fourth-order valence-electron chi connectivity index (χ4n) is 3.36. The molecule has 1 aliphatic heterocycles. The van der Waals surface area contributed by atoms with Gasteiger partial charge in [-0.25, -0.2) is 0 Å². The Morgan fingerprint density at radius 1 is 1.28 bits per heavy atom. The standard InChI is InChI=1S/C21H28N4O4/c1-14-13-24(9-10-25(14)20(27)21(2,3)4)18(26)12-17-22-19(29-23-17)15-7-6-8-16(11-15)28-5/h6-8,11,14H,9-10,12-13H2,1-5H3. The smallest absolute Gasteiger partial charge is 0.258 e. The van der Waals surface area contributed by atoms with Crippen LogP contribution in [0.2, 0.25) is 0 Å². The van der Waals surface area contributed by atoms with E-state index in [0.29, 0.717) is 37.1 Å². The van der Waals surface area contributed by atoms with Crippen molar-refractivity contribution in [1.29, 1.82) is 0 Å². The average Bonchev–Trinajstić information content (AvgIpc) is 3.15. The second-order valence-corrected chi connectivity index (χ2v) is 8.36. The topological polar surface area (TPSA) is 88.8 Å². The van der Waals surface area contributed by atoms with E-state index in [1.807, 2.05) is 50.8 Å². The normalized spacial score (nSPS) is 17.3. The first kappa shape index (κ1) is 20.8. The first-order valence-corrected chi connectivity index (χ1v) is 9.75. The molecule has 1 fully saturated rings. The van der Waals surface area contributed by atoms with Crippen molar-refractivity contribution in [3.05, 3.63) is 30.1 Å². The van der Waals surface area contributed by atoms with Crippen LogP contribution in [0.1, 0.15) is 33.5 Å².